The predicted molar refractivity (Wildman–Crippen MR) is 120 cm³/mol. The Labute approximate surface area is 182 Å². The second-order valence-electron chi connectivity index (χ2n) is 7.53. The fourth-order valence-corrected chi connectivity index (χ4v) is 3.95. The lowest BCUT2D eigenvalue weighted by Gasteiger charge is -2.21. The topological polar surface area (TPSA) is 66.5 Å². The maximum absolute atomic E-state index is 5.93. The van der Waals surface area contributed by atoms with Gasteiger partial charge < -0.3 is 14.7 Å². The maximum Gasteiger partial charge on any atom is 0.228 e. The first-order valence-corrected chi connectivity index (χ1v) is 10.7. The van der Waals surface area contributed by atoms with Crippen LogP contribution in [0.4, 0.5) is 0 Å². The number of benzene rings is 2. The van der Waals surface area contributed by atoms with E-state index in [2.05, 4.69) is 55.7 Å². The van der Waals surface area contributed by atoms with Crippen LogP contribution >= 0.6 is 11.6 Å². The molecule has 1 aliphatic rings. The molecule has 1 aromatic heterocycles. The molecule has 1 saturated heterocycles. The van der Waals surface area contributed by atoms with Crippen molar-refractivity contribution in [1.29, 1.82) is 0 Å². The molecule has 0 bridgehead atoms. The van der Waals surface area contributed by atoms with Crippen molar-refractivity contribution in [2.45, 2.75) is 19.3 Å². The molecule has 156 valence electrons. The minimum Gasteiger partial charge on any atom is -0.356 e. The molecule has 4 rings (SSSR count). The Kier molecular flexibility index (Phi) is 6.64. The van der Waals surface area contributed by atoms with Crippen molar-refractivity contribution in [1.82, 2.24) is 20.4 Å². The van der Waals surface area contributed by atoms with Crippen LogP contribution in [0.3, 0.4) is 0 Å². The summed E-state index contributed by atoms with van der Waals surface area (Å²) in [5, 5.41) is 8.18. The van der Waals surface area contributed by atoms with Crippen LogP contribution < -0.4 is 5.32 Å². The Balaban J connectivity index is 1.26. The van der Waals surface area contributed by atoms with Crippen molar-refractivity contribution >= 4 is 17.6 Å². The summed E-state index contributed by atoms with van der Waals surface area (Å²) < 4.78 is 5.39. The summed E-state index contributed by atoms with van der Waals surface area (Å²) >= 11 is 5.93. The smallest absolute Gasteiger partial charge is 0.228 e. The highest BCUT2D eigenvalue weighted by Crippen LogP contribution is 2.21. The largest absolute Gasteiger partial charge is 0.356 e. The molecular weight excluding hydrogens is 398 g/mol. The average Bonchev–Trinajstić information content (AvgIpc) is 3.42. The summed E-state index contributed by atoms with van der Waals surface area (Å²) in [7, 11) is 1.83. The van der Waals surface area contributed by atoms with E-state index in [-0.39, 0.29) is 0 Å². The zero-order chi connectivity index (χ0) is 20.8. The Hall–Kier alpha value is -2.86. The van der Waals surface area contributed by atoms with Crippen molar-refractivity contribution in [3.05, 3.63) is 71.1 Å². The Morgan fingerprint density at radius 3 is 2.77 bits per heavy atom. The molecule has 2 heterocycles. The van der Waals surface area contributed by atoms with Crippen LogP contribution in [0, 0.1) is 5.92 Å². The van der Waals surface area contributed by atoms with Gasteiger partial charge in [0.2, 0.25) is 11.7 Å². The normalized spacial score (nSPS) is 16.8. The van der Waals surface area contributed by atoms with Crippen LogP contribution in [0.25, 0.3) is 11.4 Å². The number of guanidine groups is 1. The van der Waals surface area contributed by atoms with Crippen molar-refractivity contribution < 1.29 is 4.52 Å². The summed E-state index contributed by atoms with van der Waals surface area (Å²) in [6.07, 6.45) is 2.94. The fourth-order valence-electron chi connectivity index (χ4n) is 3.83. The van der Waals surface area contributed by atoms with Crippen molar-refractivity contribution in [3.8, 4) is 11.4 Å². The van der Waals surface area contributed by atoms with E-state index in [1.807, 2.05) is 31.3 Å². The van der Waals surface area contributed by atoms with Crippen LogP contribution in [0.5, 0.6) is 0 Å². The Morgan fingerprint density at radius 2 is 2.00 bits per heavy atom. The van der Waals surface area contributed by atoms with Gasteiger partial charge >= 0.3 is 0 Å². The van der Waals surface area contributed by atoms with Crippen molar-refractivity contribution in [3.63, 3.8) is 0 Å². The summed E-state index contributed by atoms with van der Waals surface area (Å²) in [5.74, 6) is 2.77. The van der Waals surface area contributed by atoms with E-state index >= 15 is 0 Å². The Morgan fingerprint density at radius 1 is 1.20 bits per heavy atom. The molecular formula is C23H26ClN5O. The quantitative estimate of drug-likeness (QED) is 0.478. The summed E-state index contributed by atoms with van der Waals surface area (Å²) in [4.78, 5) is 11.3. The number of nitrogens with zero attached hydrogens (tertiary/aromatic N) is 4. The molecule has 0 spiro atoms. The lowest BCUT2D eigenvalue weighted by Crippen LogP contribution is -2.41. The number of hydrogen-bond acceptors (Lipinski definition) is 4. The molecule has 7 heteroatoms. The number of nitrogens with one attached hydrogen (secondary N) is 1. The molecule has 3 aromatic rings. The average molecular weight is 424 g/mol. The van der Waals surface area contributed by atoms with E-state index in [9.17, 15) is 0 Å². The maximum atomic E-state index is 5.93. The monoisotopic (exact) mass is 423 g/mol. The van der Waals surface area contributed by atoms with Gasteiger partial charge in [-0.25, -0.2) is 0 Å². The molecule has 1 N–H and O–H groups in total. The summed E-state index contributed by atoms with van der Waals surface area (Å²) in [6.45, 7) is 2.74. The first-order chi connectivity index (χ1) is 14.7. The predicted octanol–water partition coefficient (Wildman–Crippen LogP) is 4.07. The Bertz CT molecular complexity index is 971. The van der Waals surface area contributed by atoms with Gasteiger partial charge in [-0.2, -0.15) is 4.98 Å². The van der Waals surface area contributed by atoms with Gasteiger partial charge in [0, 0.05) is 43.7 Å². The number of likely N-dealkylation sites (tertiary alicyclic amines) is 1. The molecule has 2 aromatic carbocycles. The lowest BCUT2D eigenvalue weighted by atomic mass is 9.99. The van der Waals surface area contributed by atoms with Crippen molar-refractivity contribution in [2.75, 3.05) is 26.7 Å². The van der Waals surface area contributed by atoms with Crippen molar-refractivity contribution in [2.24, 2.45) is 10.9 Å². The van der Waals surface area contributed by atoms with Gasteiger partial charge in [-0.15, -0.1) is 0 Å². The van der Waals surface area contributed by atoms with Crippen LogP contribution in [0.2, 0.25) is 5.02 Å². The third-order valence-electron chi connectivity index (χ3n) is 5.36. The third kappa shape index (κ3) is 5.19. The SMILES string of the molecule is CN=C(NCCc1nc(-c2ccc(Cl)cc2)no1)N1CCC(Cc2ccccc2)C1. The molecule has 0 aliphatic carbocycles. The van der Waals surface area contributed by atoms with Gasteiger partial charge in [-0.05, 0) is 48.6 Å². The van der Waals surface area contributed by atoms with Gasteiger partial charge in [-0.3, -0.25) is 4.99 Å². The number of aliphatic imine (C=N–C) groups is 1. The minimum absolute atomic E-state index is 0.578. The van der Waals surface area contributed by atoms with Crippen LogP contribution in [0.1, 0.15) is 17.9 Å². The molecule has 1 atom stereocenters. The van der Waals surface area contributed by atoms with E-state index in [0.29, 0.717) is 35.6 Å². The summed E-state index contributed by atoms with van der Waals surface area (Å²) in [6, 6.07) is 18.1. The van der Waals surface area contributed by atoms with Gasteiger partial charge in [-0.1, -0.05) is 47.1 Å². The van der Waals surface area contributed by atoms with Gasteiger partial charge in [0.05, 0.1) is 0 Å². The van der Waals surface area contributed by atoms with Gasteiger partial charge in [0.1, 0.15) is 0 Å². The highest BCUT2D eigenvalue weighted by molar-refractivity contribution is 6.30. The number of hydrogen-bond donors (Lipinski definition) is 1. The molecule has 6 nitrogen and oxygen atoms in total. The van der Waals surface area contributed by atoms with E-state index in [1.54, 1.807) is 0 Å². The second kappa shape index (κ2) is 9.76. The molecule has 30 heavy (non-hydrogen) atoms. The highest BCUT2D eigenvalue weighted by Gasteiger charge is 2.25. The van der Waals surface area contributed by atoms with Gasteiger partial charge in [0.25, 0.3) is 0 Å². The lowest BCUT2D eigenvalue weighted by molar-refractivity contribution is 0.377. The zero-order valence-corrected chi connectivity index (χ0v) is 17.8. The molecule has 1 aliphatic heterocycles. The highest BCUT2D eigenvalue weighted by atomic mass is 35.5. The number of rotatable bonds is 6. The molecule has 1 unspecified atom stereocenters. The zero-order valence-electron chi connectivity index (χ0n) is 17.1. The van der Waals surface area contributed by atoms with E-state index in [4.69, 9.17) is 16.1 Å². The fraction of sp³-hybridized carbons (Fsp3) is 0.348. The molecule has 0 saturated carbocycles. The van der Waals surface area contributed by atoms with E-state index < -0.39 is 0 Å². The standard InChI is InChI=1S/C23H26ClN5O/c1-25-23(29-14-12-18(16-29)15-17-5-3-2-4-6-17)26-13-11-21-27-22(28-30-21)19-7-9-20(24)10-8-19/h2-10,18H,11-16H2,1H3,(H,25,26). The summed E-state index contributed by atoms with van der Waals surface area (Å²) in [5.41, 5.74) is 2.29. The van der Waals surface area contributed by atoms with Crippen LogP contribution in [-0.4, -0.2) is 47.7 Å². The first kappa shape index (κ1) is 20.4. The first-order valence-electron chi connectivity index (χ1n) is 10.3. The van der Waals surface area contributed by atoms with Gasteiger partial charge in [0.15, 0.2) is 5.96 Å². The van der Waals surface area contributed by atoms with E-state index in [0.717, 1.165) is 31.0 Å². The second-order valence-corrected chi connectivity index (χ2v) is 7.97. The van der Waals surface area contributed by atoms with Crippen LogP contribution in [0.15, 0.2) is 64.1 Å². The molecule has 0 amide bonds. The minimum atomic E-state index is 0.578. The molecule has 1 fully saturated rings. The third-order valence-corrected chi connectivity index (χ3v) is 5.61. The number of halogens is 1. The number of aromatic nitrogens is 2. The van der Waals surface area contributed by atoms with Crippen LogP contribution in [-0.2, 0) is 12.8 Å². The molecule has 0 radical (unpaired) electrons. The van der Waals surface area contributed by atoms with E-state index in [1.165, 1.54) is 12.0 Å².